The molecule has 4 N–H and O–H groups in total. The Balaban J connectivity index is 1.96. The molecule has 1 aliphatic carbocycles. The first kappa shape index (κ1) is 69.1. The Morgan fingerprint density at radius 2 is 0.619 bits per heavy atom. The zero-order valence-electron chi connectivity index (χ0n) is 52.3. The fourth-order valence-electron chi connectivity index (χ4n) is 11.1. The molecule has 0 spiro atoms. The second kappa shape index (κ2) is 38.4. The molecule has 0 aromatic heterocycles. The fraction of sp³-hybridized carbons (Fsp3) is 0.583. The molecule has 12 heteroatoms. The number of hydrogen-bond donors (Lipinski definition) is 4. The standard InChI is InChI=1S/C72H104O12/c1-9-13-17-21-25-53-33-59-41-63-37-55(27-23-19-15-11-3)39-65(69(63)83-49-57(45-73)46-74)43-61-35-54(26-22-18-14-10-2)36-62(68(61)80-30-32-82-72(78)52(7)8)44-66-40-56(28-24-20-16-12-4)38-64(70(66)84-50-58(47-75)48-76)42-60(34-53)67(59)79-29-31-81-71(77)51(5)6/h33-40,57-58,73-76H,5,7,9-32,41-50H2,1-4,6,8H3. The lowest BCUT2D eigenvalue weighted by molar-refractivity contribution is -0.140. The Bertz CT molecular complexity index is 2380. The van der Waals surface area contributed by atoms with Gasteiger partial charge in [0.25, 0.3) is 0 Å². The van der Waals surface area contributed by atoms with Crippen LogP contribution in [0.2, 0.25) is 0 Å². The third-order valence-electron chi connectivity index (χ3n) is 15.8. The highest BCUT2D eigenvalue weighted by Crippen LogP contribution is 2.42. The third kappa shape index (κ3) is 22.6. The second-order valence-corrected chi connectivity index (χ2v) is 23.5. The molecule has 0 unspecified atom stereocenters. The van der Waals surface area contributed by atoms with Crippen LogP contribution in [0, 0.1) is 11.8 Å². The molecule has 1 aliphatic rings. The molecule has 464 valence electrons. The number of ether oxygens (including phenoxy) is 6. The van der Waals surface area contributed by atoms with Crippen LogP contribution < -0.4 is 18.9 Å². The van der Waals surface area contributed by atoms with Crippen molar-refractivity contribution in [3.05, 3.63) is 140 Å². The van der Waals surface area contributed by atoms with Gasteiger partial charge in [-0.2, -0.15) is 0 Å². The van der Waals surface area contributed by atoms with Gasteiger partial charge in [0.2, 0.25) is 0 Å². The van der Waals surface area contributed by atoms with Crippen molar-refractivity contribution in [3.8, 4) is 23.0 Å². The van der Waals surface area contributed by atoms with E-state index in [1.165, 1.54) is 22.3 Å². The maximum absolute atomic E-state index is 12.8. The van der Waals surface area contributed by atoms with E-state index in [2.05, 4.69) is 89.4 Å². The SMILES string of the molecule is C=C(C)C(=O)OCCOc1c2cc(CCCCCC)cc1Cc1cc(CCCCCC)cc(c1OCC(CO)CO)Cc1cc(CCCCCC)cc(c1OCCOC(=O)C(=C)C)Cc1cc(CCCCCC)cc(c1OCC(CO)CO)C2. The van der Waals surface area contributed by atoms with Gasteiger partial charge in [-0.1, -0.05) is 166 Å². The summed E-state index contributed by atoms with van der Waals surface area (Å²) in [6.07, 6.45) is 22.4. The van der Waals surface area contributed by atoms with E-state index in [9.17, 15) is 30.0 Å². The Morgan fingerprint density at radius 3 is 0.833 bits per heavy atom. The molecule has 12 nitrogen and oxygen atoms in total. The first-order valence-electron chi connectivity index (χ1n) is 32.0. The molecule has 0 atom stereocenters. The van der Waals surface area contributed by atoms with Gasteiger partial charge < -0.3 is 48.8 Å². The molecule has 5 rings (SSSR count). The van der Waals surface area contributed by atoms with Crippen molar-refractivity contribution in [2.45, 2.75) is 196 Å². The summed E-state index contributed by atoms with van der Waals surface area (Å²) in [6.45, 7) is 19.1. The summed E-state index contributed by atoms with van der Waals surface area (Å²) >= 11 is 0. The minimum Gasteiger partial charge on any atom is -0.493 e. The van der Waals surface area contributed by atoms with Crippen LogP contribution in [0.1, 0.15) is 211 Å². The fourth-order valence-corrected chi connectivity index (χ4v) is 11.1. The van der Waals surface area contributed by atoms with Crippen LogP contribution in [0.15, 0.2) is 72.8 Å². The maximum Gasteiger partial charge on any atom is 0.333 e. The quantitative estimate of drug-likeness (QED) is 0.0167. The minimum absolute atomic E-state index is 0.00728. The molecule has 84 heavy (non-hydrogen) atoms. The van der Waals surface area contributed by atoms with E-state index in [-0.39, 0.29) is 66.1 Å². The van der Waals surface area contributed by atoms with E-state index in [1.54, 1.807) is 13.8 Å². The molecule has 0 heterocycles. The molecular weight excluding hydrogens is 1060 g/mol. The summed E-state index contributed by atoms with van der Waals surface area (Å²) in [5.41, 5.74) is 12.9. The Labute approximate surface area is 504 Å². The predicted molar refractivity (Wildman–Crippen MR) is 337 cm³/mol. The van der Waals surface area contributed by atoms with Crippen LogP contribution >= 0.6 is 0 Å². The summed E-state index contributed by atoms with van der Waals surface area (Å²) in [5, 5.41) is 41.9. The first-order valence-corrected chi connectivity index (χ1v) is 32.0. The van der Waals surface area contributed by atoms with Crippen LogP contribution in [-0.2, 0) is 70.4 Å². The number of carbonyl (C=O) groups excluding carboxylic acids is 2. The van der Waals surface area contributed by atoms with Gasteiger partial charge in [0.15, 0.2) is 0 Å². The van der Waals surface area contributed by atoms with Gasteiger partial charge in [-0.05, 0) is 132 Å². The van der Waals surface area contributed by atoms with Crippen LogP contribution in [0.5, 0.6) is 23.0 Å². The molecule has 0 aliphatic heterocycles. The molecule has 0 saturated heterocycles. The van der Waals surface area contributed by atoms with Crippen molar-refractivity contribution in [2.24, 2.45) is 11.8 Å². The summed E-state index contributed by atoms with van der Waals surface area (Å²) in [7, 11) is 0. The van der Waals surface area contributed by atoms with E-state index in [0.717, 1.165) is 173 Å². The molecule has 8 bridgehead atoms. The number of esters is 2. The average Bonchev–Trinajstić information content (AvgIpc) is 2.96. The van der Waals surface area contributed by atoms with Crippen molar-refractivity contribution >= 4 is 11.9 Å². The van der Waals surface area contributed by atoms with E-state index >= 15 is 0 Å². The molecule has 0 fully saturated rings. The molecule has 0 radical (unpaired) electrons. The van der Waals surface area contributed by atoms with Crippen molar-refractivity contribution < 1.29 is 58.4 Å². The van der Waals surface area contributed by atoms with E-state index in [0.29, 0.717) is 59.8 Å². The maximum atomic E-state index is 12.8. The number of rotatable bonds is 40. The number of aliphatic hydroxyl groups excluding tert-OH is 4. The lowest BCUT2D eigenvalue weighted by Crippen LogP contribution is -2.21. The number of aryl methyl sites for hydroxylation is 4. The van der Waals surface area contributed by atoms with Crippen LogP contribution in [0.4, 0.5) is 0 Å². The largest absolute Gasteiger partial charge is 0.493 e. The Kier molecular flexibility index (Phi) is 31.6. The van der Waals surface area contributed by atoms with Crippen molar-refractivity contribution in [3.63, 3.8) is 0 Å². The highest BCUT2D eigenvalue weighted by atomic mass is 16.6. The zero-order valence-corrected chi connectivity index (χ0v) is 52.3. The minimum atomic E-state index is -0.526. The number of benzene rings is 4. The lowest BCUT2D eigenvalue weighted by atomic mass is 9.86. The van der Waals surface area contributed by atoms with Gasteiger partial charge in [-0.3, -0.25) is 0 Å². The molecule has 0 amide bonds. The van der Waals surface area contributed by atoms with Gasteiger partial charge in [0.1, 0.15) is 49.4 Å². The van der Waals surface area contributed by atoms with Crippen molar-refractivity contribution in [2.75, 3.05) is 66.1 Å². The number of carbonyl (C=O) groups is 2. The monoisotopic (exact) mass is 1160 g/mol. The molecular formula is C72H104O12. The van der Waals surface area contributed by atoms with Gasteiger partial charge in [0, 0.05) is 48.7 Å². The summed E-state index contributed by atoms with van der Waals surface area (Å²) in [4.78, 5) is 25.5. The zero-order chi connectivity index (χ0) is 60.6. The number of fused-ring (bicyclic) bond motifs is 8. The number of unbranched alkanes of at least 4 members (excludes halogenated alkanes) is 12. The van der Waals surface area contributed by atoms with Crippen LogP contribution in [0.3, 0.4) is 0 Å². The van der Waals surface area contributed by atoms with Gasteiger partial charge in [0.05, 0.1) is 39.6 Å². The third-order valence-corrected chi connectivity index (χ3v) is 15.8. The average molecular weight is 1160 g/mol. The normalized spacial score (nSPS) is 12.1. The van der Waals surface area contributed by atoms with Crippen molar-refractivity contribution in [1.82, 2.24) is 0 Å². The molecule has 4 aromatic rings. The number of aliphatic hydroxyl groups is 4. The van der Waals surface area contributed by atoms with Gasteiger partial charge >= 0.3 is 11.9 Å². The number of hydrogen-bond acceptors (Lipinski definition) is 12. The summed E-state index contributed by atoms with van der Waals surface area (Å²) in [5.74, 6) is 0.688. The predicted octanol–water partition coefficient (Wildman–Crippen LogP) is 13.8. The van der Waals surface area contributed by atoms with E-state index in [1.807, 2.05) is 0 Å². The smallest absolute Gasteiger partial charge is 0.333 e. The van der Waals surface area contributed by atoms with Gasteiger partial charge in [-0.25, -0.2) is 9.59 Å². The van der Waals surface area contributed by atoms with Crippen molar-refractivity contribution in [1.29, 1.82) is 0 Å². The van der Waals surface area contributed by atoms with Crippen LogP contribution in [-0.4, -0.2) is 98.4 Å². The molecule has 4 aromatic carbocycles. The molecule has 0 saturated carbocycles. The summed E-state index contributed by atoms with van der Waals surface area (Å²) in [6, 6.07) is 18.2. The van der Waals surface area contributed by atoms with E-state index < -0.39 is 23.8 Å². The van der Waals surface area contributed by atoms with E-state index in [4.69, 9.17) is 28.4 Å². The Morgan fingerprint density at radius 1 is 0.381 bits per heavy atom. The van der Waals surface area contributed by atoms with Crippen LogP contribution in [0.25, 0.3) is 0 Å². The van der Waals surface area contributed by atoms with Gasteiger partial charge in [-0.15, -0.1) is 0 Å². The summed E-state index contributed by atoms with van der Waals surface area (Å²) < 4.78 is 39.3. The topological polar surface area (TPSA) is 170 Å². The Hall–Kier alpha value is -5.66. The lowest BCUT2D eigenvalue weighted by Gasteiger charge is -2.26. The first-order chi connectivity index (χ1) is 40.8. The highest BCUT2D eigenvalue weighted by molar-refractivity contribution is 5.87. The second-order valence-electron chi connectivity index (χ2n) is 23.5. The highest BCUT2D eigenvalue weighted by Gasteiger charge is 2.26.